The van der Waals surface area contributed by atoms with E-state index in [2.05, 4.69) is 30.4 Å². The van der Waals surface area contributed by atoms with E-state index in [1.807, 2.05) is 31.3 Å². The maximum absolute atomic E-state index is 6.15. The highest BCUT2D eigenvalue weighted by molar-refractivity contribution is 6.30. The Morgan fingerprint density at radius 3 is 2.40 bits per heavy atom. The molecule has 0 saturated heterocycles. The van der Waals surface area contributed by atoms with E-state index in [1.165, 1.54) is 16.7 Å². The fourth-order valence-electron chi connectivity index (χ4n) is 2.35. The minimum atomic E-state index is 0.251. The van der Waals surface area contributed by atoms with Gasteiger partial charge in [-0.05, 0) is 61.3 Å². The molecular weight excluding hydrogens is 270 g/mol. The van der Waals surface area contributed by atoms with Gasteiger partial charge in [-0.25, -0.2) is 0 Å². The van der Waals surface area contributed by atoms with E-state index in [0.29, 0.717) is 0 Å². The molecule has 0 spiro atoms. The van der Waals surface area contributed by atoms with Gasteiger partial charge in [-0.1, -0.05) is 29.8 Å². The molecule has 106 valence electrons. The second kappa shape index (κ2) is 6.78. The van der Waals surface area contributed by atoms with Crippen LogP contribution < -0.4 is 10.1 Å². The molecule has 1 atom stereocenters. The summed E-state index contributed by atoms with van der Waals surface area (Å²) in [5, 5.41) is 4.15. The monoisotopic (exact) mass is 289 g/mol. The molecule has 3 heteroatoms. The molecule has 2 aromatic carbocycles. The Hall–Kier alpha value is -1.51. The van der Waals surface area contributed by atoms with Crippen molar-refractivity contribution in [3.8, 4) is 5.75 Å². The van der Waals surface area contributed by atoms with Gasteiger partial charge < -0.3 is 10.1 Å². The summed E-state index contributed by atoms with van der Waals surface area (Å²) in [6.45, 7) is 2.06. The van der Waals surface area contributed by atoms with Crippen molar-refractivity contribution in [2.75, 3.05) is 14.2 Å². The van der Waals surface area contributed by atoms with Crippen LogP contribution in [-0.2, 0) is 6.42 Å². The van der Waals surface area contributed by atoms with Crippen LogP contribution in [0.1, 0.15) is 22.7 Å². The lowest BCUT2D eigenvalue weighted by Crippen LogP contribution is -2.19. The number of benzene rings is 2. The summed E-state index contributed by atoms with van der Waals surface area (Å²) in [6, 6.07) is 14.6. The van der Waals surface area contributed by atoms with E-state index >= 15 is 0 Å². The second-order valence-electron chi connectivity index (χ2n) is 4.96. The molecule has 0 aromatic heterocycles. The van der Waals surface area contributed by atoms with Crippen molar-refractivity contribution in [3.05, 3.63) is 64.2 Å². The first-order chi connectivity index (χ1) is 9.62. The average Bonchev–Trinajstić information content (AvgIpc) is 2.44. The Bertz CT molecular complexity index is 545. The van der Waals surface area contributed by atoms with Crippen molar-refractivity contribution in [3.63, 3.8) is 0 Å². The van der Waals surface area contributed by atoms with Gasteiger partial charge in [0.25, 0.3) is 0 Å². The van der Waals surface area contributed by atoms with Crippen LogP contribution in [0.15, 0.2) is 42.5 Å². The summed E-state index contributed by atoms with van der Waals surface area (Å²) < 4.78 is 5.18. The summed E-state index contributed by atoms with van der Waals surface area (Å²) in [5.74, 6) is 0.883. The molecule has 1 N–H and O–H groups in total. The van der Waals surface area contributed by atoms with E-state index < -0.39 is 0 Å². The Kier molecular flexibility index (Phi) is 5.05. The smallest absolute Gasteiger partial charge is 0.118 e. The van der Waals surface area contributed by atoms with Crippen LogP contribution in [-0.4, -0.2) is 14.2 Å². The summed E-state index contributed by atoms with van der Waals surface area (Å²) >= 11 is 6.15. The number of methoxy groups -OCH3 is 1. The number of hydrogen-bond donors (Lipinski definition) is 1. The molecule has 0 aliphatic carbocycles. The van der Waals surface area contributed by atoms with Crippen LogP contribution in [0.25, 0.3) is 0 Å². The standard InChI is InChI=1S/C17H20ClNO/c1-12-8-14(11-15(18)9-12)17(19-2)10-13-4-6-16(20-3)7-5-13/h4-9,11,17,19H,10H2,1-3H3. The number of aryl methyl sites for hydroxylation is 1. The van der Waals surface area contributed by atoms with E-state index in [1.54, 1.807) is 7.11 Å². The maximum atomic E-state index is 6.15. The molecule has 0 radical (unpaired) electrons. The van der Waals surface area contributed by atoms with E-state index in [9.17, 15) is 0 Å². The third-order valence-electron chi connectivity index (χ3n) is 3.41. The van der Waals surface area contributed by atoms with Gasteiger partial charge in [0, 0.05) is 11.1 Å². The molecule has 0 fully saturated rings. The Balaban J connectivity index is 2.19. The molecule has 0 heterocycles. The lowest BCUT2D eigenvalue weighted by molar-refractivity contribution is 0.414. The predicted molar refractivity (Wildman–Crippen MR) is 84.7 cm³/mol. The van der Waals surface area contributed by atoms with E-state index in [4.69, 9.17) is 16.3 Å². The number of rotatable bonds is 5. The highest BCUT2D eigenvalue weighted by Gasteiger charge is 2.11. The quantitative estimate of drug-likeness (QED) is 0.892. The van der Waals surface area contributed by atoms with Crippen molar-refractivity contribution in [1.82, 2.24) is 5.32 Å². The van der Waals surface area contributed by atoms with Gasteiger partial charge in [0.15, 0.2) is 0 Å². The van der Waals surface area contributed by atoms with Crippen LogP contribution in [0.3, 0.4) is 0 Å². The molecular formula is C17H20ClNO. The molecule has 2 rings (SSSR count). The Morgan fingerprint density at radius 1 is 1.15 bits per heavy atom. The number of nitrogens with one attached hydrogen (secondary N) is 1. The van der Waals surface area contributed by atoms with Gasteiger partial charge in [0.2, 0.25) is 0 Å². The van der Waals surface area contributed by atoms with Crippen molar-refractivity contribution >= 4 is 11.6 Å². The number of ether oxygens (including phenoxy) is 1. The van der Waals surface area contributed by atoms with Gasteiger partial charge in [0.05, 0.1) is 7.11 Å². The molecule has 0 saturated carbocycles. The lowest BCUT2D eigenvalue weighted by Gasteiger charge is -2.18. The average molecular weight is 290 g/mol. The zero-order valence-electron chi connectivity index (χ0n) is 12.1. The van der Waals surface area contributed by atoms with Crippen molar-refractivity contribution in [2.45, 2.75) is 19.4 Å². The van der Waals surface area contributed by atoms with Crippen LogP contribution in [0.4, 0.5) is 0 Å². The SMILES string of the molecule is CNC(Cc1ccc(OC)cc1)c1cc(C)cc(Cl)c1. The van der Waals surface area contributed by atoms with Crippen molar-refractivity contribution in [1.29, 1.82) is 0 Å². The highest BCUT2D eigenvalue weighted by Crippen LogP contribution is 2.24. The van der Waals surface area contributed by atoms with Crippen molar-refractivity contribution < 1.29 is 4.74 Å². The topological polar surface area (TPSA) is 21.3 Å². The Labute approximate surface area is 125 Å². The van der Waals surface area contributed by atoms with Gasteiger partial charge >= 0.3 is 0 Å². The molecule has 1 unspecified atom stereocenters. The molecule has 0 bridgehead atoms. The van der Waals surface area contributed by atoms with Crippen molar-refractivity contribution in [2.24, 2.45) is 0 Å². The third-order valence-corrected chi connectivity index (χ3v) is 3.63. The molecule has 0 amide bonds. The normalized spacial score (nSPS) is 12.2. The molecule has 0 aliphatic rings. The van der Waals surface area contributed by atoms with Crippen LogP contribution in [0, 0.1) is 6.92 Å². The molecule has 20 heavy (non-hydrogen) atoms. The summed E-state index contributed by atoms with van der Waals surface area (Å²) in [6.07, 6.45) is 0.917. The first-order valence-electron chi connectivity index (χ1n) is 6.69. The minimum absolute atomic E-state index is 0.251. The zero-order valence-corrected chi connectivity index (χ0v) is 12.9. The predicted octanol–water partition coefficient (Wildman–Crippen LogP) is 4.16. The molecule has 2 aromatic rings. The fourth-order valence-corrected chi connectivity index (χ4v) is 2.65. The fraction of sp³-hybridized carbons (Fsp3) is 0.294. The van der Waals surface area contributed by atoms with Crippen LogP contribution >= 0.6 is 11.6 Å². The zero-order chi connectivity index (χ0) is 14.5. The van der Waals surface area contributed by atoms with Gasteiger partial charge in [0.1, 0.15) is 5.75 Å². The first kappa shape index (κ1) is 14.9. The highest BCUT2D eigenvalue weighted by atomic mass is 35.5. The minimum Gasteiger partial charge on any atom is -0.497 e. The lowest BCUT2D eigenvalue weighted by atomic mass is 9.97. The van der Waals surface area contributed by atoms with Gasteiger partial charge in [-0.15, -0.1) is 0 Å². The number of likely N-dealkylation sites (N-methyl/N-ethyl adjacent to an activating group) is 1. The number of halogens is 1. The van der Waals surface area contributed by atoms with E-state index in [-0.39, 0.29) is 6.04 Å². The summed E-state index contributed by atoms with van der Waals surface area (Å²) in [7, 11) is 3.66. The molecule has 2 nitrogen and oxygen atoms in total. The second-order valence-corrected chi connectivity index (χ2v) is 5.39. The van der Waals surface area contributed by atoms with E-state index in [0.717, 1.165) is 17.2 Å². The first-order valence-corrected chi connectivity index (χ1v) is 7.07. The van der Waals surface area contributed by atoms with Crippen LogP contribution in [0.5, 0.6) is 5.75 Å². The number of hydrogen-bond acceptors (Lipinski definition) is 2. The summed E-state index contributed by atoms with van der Waals surface area (Å²) in [4.78, 5) is 0. The maximum Gasteiger partial charge on any atom is 0.118 e. The van der Waals surface area contributed by atoms with Gasteiger partial charge in [-0.2, -0.15) is 0 Å². The Morgan fingerprint density at radius 2 is 1.85 bits per heavy atom. The summed E-state index contributed by atoms with van der Waals surface area (Å²) in [5.41, 5.74) is 3.67. The molecule has 0 aliphatic heterocycles. The largest absolute Gasteiger partial charge is 0.497 e. The third kappa shape index (κ3) is 3.75. The van der Waals surface area contributed by atoms with Crippen LogP contribution in [0.2, 0.25) is 5.02 Å². The van der Waals surface area contributed by atoms with Gasteiger partial charge in [-0.3, -0.25) is 0 Å².